The maximum Gasteiger partial charge on any atom is 0.273 e. The molecule has 3 heterocycles. The average molecular weight is 316 g/mol. The lowest BCUT2D eigenvalue weighted by Crippen LogP contribution is -2.33. The molecule has 0 unspecified atom stereocenters. The predicted molar refractivity (Wildman–Crippen MR) is 69.7 cm³/mol. The minimum Gasteiger partial charge on any atom is -0.490 e. The van der Waals surface area contributed by atoms with Crippen LogP contribution in [0.15, 0.2) is 4.42 Å². The van der Waals surface area contributed by atoms with Crippen LogP contribution in [0.3, 0.4) is 0 Å². The molecule has 1 aliphatic rings. The van der Waals surface area contributed by atoms with Crippen molar-refractivity contribution in [3.8, 4) is 5.88 Å². The van der Waals surface area contributed by atoms with Gasteiger partial charge in [0.1, 0.15) is 18.3 Å². The molecule has 114 valence electrons. The van der Waals surface area contributed by atoms with Crippen LogP contribution in [-0.4, -0.2) is 59.9 Å². The van der Waals surface area contributed by atoms with Gasteiger partial charge in [-0.15, -0.1) is 0 Å². The fourth-order valence-corrected chi connectivity index (χ4v) is 2.51. The molecular weight excluding hydrogens is 304 g/mol. The summed E-state index contributed by atoms with van der Waals surface area (Å²) in [4.78, 5) is 7.25. The van der Waals surface area contributed by atoms with E-state index in [9.17, 15) is 15.3 Å². The van der Waals surface area contributed by atoms with Crippen molar-refractivity contribution in [3.05, 3.63) is 4.84 Å². The Labute approximate surface area is 122 Å². The Kier molecular flexibility index (Phi) is 3.30. The highest BCUT2D eigenvalue weighted by Gasteiger charge is 2.44. The quantitative estimate of drug-likeness (QED) is 0.419. The highest BCUT2D eigenvalue weighted by molar-refractivity contribution is 7.71. The summed E-state index contributed by atoms with van der Waals surface area (Å²) in [6.07, 6.45) is -4.79. The normalized spacial score (nSPS) is 29.3. The second kappa shape index (κ2) is 4.89. The Morgan fingerprint density at radius 2 is 2.00 bits per heavy atom. The van der Waals surface area contributed by atoms with Gasteiger partial charge in [0.15, 0.2) is 11.9 Å². The molecule has 1 aliphatic heterocycles. The smallest absolute Gasteiger partial charge is 0.273 e. The third-order valence-electron chi connectivity index (χ3n) is 3.23. The number of aliphatic hydroxyl groups excluding tert-OH is 3. The maximum absolute atomic E-state index is 10.0. The number of hydrogen-bond donors (Lipinski definition) is 5. The van der Waals surface area contributed by atoms with Gasteiger partial charge in [0.05, 0.1) is 6.61 Å². The maximum atomic E-state index is 10.0. The molecule has 1 fully saturated rings. The van der Waals surface area contributed by atoms with Gasteiger partial charge in [0.25, 0.3) is 10.7 Å². The molecule has 0 amide bonds. The van der Waals surface area contributed by atoms with Gasteiger partial charge in [-0.2, -0.15) is 9.97 Å². The van der Waals surface area contributed by atoms with E-state index in [1.165, 1.54) is 0 Å². The molecule has 11 heteroatoms. The third kappa shape index (κ3) is 2.06. The molecule has 6 N–H and O–H groups in total. The number of nitrogen functional groups attached to an aromatic ring is 1. The second-order valence-electron chi connectivity index (χ2n) is 4.52. The number of anilines is 1. The Bertz CT molecular complexity index is 745. The summed E-state index contributed by atoms with van der Waals surface area (Å²) in [5, 5.41) is 38.6. The average Bonchev–Trinajstić information content (AvgIpc) is 2.89. The summed E-state index contributed by atoms with van der Waals surface area (Å²) >= 11 is 5.00. The van der Waals surface area contributed by atoms with Crippen LogP contribution in [0.25, 0.3) is 11.2 Å². The summed E-state index contributed by atoms with van der Waals surface area (Å²) < 4.78 is 11.7. The van der Waals surface area contributed by atoms with Crippen LogP contribution in [0.4, 0.5) is 5.95 Å². The van der Waals surface area contributed by atoms with Crippen molar-refractivity contribution >= 4 is 29.4 Å². The zero-order chi connectivity index (χ0) is 15.3. The first-order chi connectivity index (χ1) is 9.93. The number of hydrogen-bond acceptors (Lipinski definition) is 10. The third-order valence-corrected chi connectivity index (χ3v) is 3.51. The van der Waals surface area contributed by atoms with E-state index in [0.717, 1.165) is 4.57 Å². The SMILES string of the molecule is Nc1nc(O)c2oc(=S)n([C@@H]3O[C@H](CO)[C@@H](O)[C@H]3O)c2n1. The van der Waals surface area contributed by atoms with E-state index in [-0.39, 0.29) is 22.0 Å². The Hall–Kier alpha value is -1.79. The van der Waals surface area contributed by atoms with Crippen molar-refractivity contribution in [1.82, 2.24) is 14.5 Å². The van der Waals surface area contributed by atoms with Crippen molar-refractivity contribution in [2.75, 3.05) is 12.3 Å². The molecule has 1 saturated heterocycles. The van der Waals surface area contributed by atoms with Gasteiger partial charge < -0.3 is 35.3 Å². The Morgan fingerprint density at radius 3 is 2.62 bits per heavy atom. The number of nitrogens with two attached hydrogens (primary N) is 1. The van der Waals surface area contributed by atoms with Crippen molar-refractivity contribution in [1.29, 1.82) is 0 Å². The fraction of sp³-hybridized carbons (Fsp3) is 0.500. The van der Waals surface area contributed by atoms with Gasteiger partial charge in [-0.25, -0.2) is 0 Å². The van der Waals surface area contributed by atoms with E-state index < -0.39 is 37.0 Å². The molecule has 2 aromatic rings. The summed E-state index contributed by atoms with van der Waals surface area (Å²) in [5.74, 6) is -0.731. The van der Waals surface area contributed by atoms with E-state index in [1.54, 1.807) is 0 Å². The van der Waals surface area contributed by atoms with Gasteiger partial charge in [-0.05, 0) is 12.2 Å². The molecule has 0 bridgehead atoms. The monoisotopic (exact) mass is 316 g/mol. The molecule has 0 spiro atoms. The first-order valence-corrected chi connectivity index (χ1v) is 6.35. The van der Waals surface area contributed by atoms with E-state index in [4.69, 9.17) is 32.2 Å². The Balaban J connectivity index is 2.17. The standard InChI is InChI=1S/C10H12N4O6S/c11-9-12-6-5(7(18)13-9)20-10(21)14(6)8-4(17)3(16)2(1-15)19-8/h2-4,8,15-17H,1H2,(H3,11,12,13,18)/t2-,3-,4-,8-/m1/s1. The van der Waals surface area contributed by atoms with Crippen LogP contribution in [0.5, 0.6) is 5.88 Å². The van der Waals surface area contributed by atoms with Gasteiger partial charge in [-0.3, -0.25) is 4.57 Å². The predicted octanol–water partition coefficient (Wildman–Crippen LogP) is -1.35. The number of oxazole rings is 1. The van der Waals surface area contributed by atoms with Crippen molar-refractivity contribution in [2.24, 2.45) is 0 Å². The topological polar surface area (TPSA) is 160 Å². The number of aromatic hydroxyl groups is 1. The van der Waals surface area contributed by atoms with Crippen molar-refractivity contribution < 1.29 is 29.6 Å². The highest BCUT2D eigenvalue weighted by atomic mass is 32.1. The van der Waals surface area contributed by atoms with Crippen LogP contribution < -0.4 is 5.73 Å². The molecular formula is C10H12N4O6S. The minimum absolute atomic E-state index is 0.0137. The van der Waals surface area contributed by atoms with Gasteiger partial charge in [0.2, 0.25) is 11.5 Å². The number of ether oxygens (including phenoxy) is 1. The van der Waals surface area contributed by atoms with E-state index >= 15 is 0 Å². The second-order valence-corrected chi connectivity index (χ2v) is 4.87. The fourth-order valence-electron chi connectivity index (χ4n) is 2.24. The van der Waals surface area contributed by atoms with Gasteiger partial charge >= 0.3 is 0 Å². The number of aliphatic hydroxyl groups is 3. The van der Waals surface area contributed by atoms with Crippen molar-refractivity contribution in [3.63, 3.8) is 0 Å². The molecule has 0 saturated carbocycles. The van der Waals surface area contributed by atoms with Crippen LogP contribution >= 0.6 is 12.2 Å². The minimum atomic E-state index is -1.37. The summed E-state index contributed by atoms with van der Waals surface area (Å²) in [5.41, 5.74) is 5.35. The van der Waals surface area contributed by atoms with Crippen LogP contribution in [0, 0.1) is 4.84 Å². The van der Waals surface area contributed by atoms with E-state index in [2.05, 4.69) is 9.97 Å². The highest BCUT2D eigenvalue weighted by Crippen LogP contribution is 2.34. The number of rotatable bonds is 2. The number of aromatic nitrogens is 3. The summed E-state index contributed by atoms with van der Waals surface area (Å²) in [6.45, 7) is -0.486. The number of fused-ring (bicyclic) bond motifs is 1. The van der Waals surface area contributed by atoms with E-state index in [0.29, 0.717) is 0 Å². The van der Waals surface area contributed by atoms with Crippen molar-refractivity contribution in [2.45, 2.75) is 24.5 Å². The molecule has 10 nitrogen and oxygen atoms in total. The van der Waals surface area contributed by atoms with Gasteiger partial charge in [0, 0.05) is 0 Å². The molecule has 0 radical (unpaired) electrons. The largest absolute Gasteiger partial charge is 0.490 e. The van der Waals surface area contributed by atoms with Gasteiger partial charge in [-0.1, -0.05) is 0 Å². The lowest BCUT2D eigenvalue weighted by Gasteiger charge is -2.15. The lowest BCUT2D eigenvalue weighted by molar-refractivity contribution is -0.0528. The van der Waals surface area contributed by atoms with Crippen LogP contribution in [-0.2, 0) is 4.74 Å². The molecule has 3 rings (SSSR count). The Morgan fingerprint density at radius 1 is 1.29 bits per heavy atom. The lowest BCUT2D eigenvalue weighted by atomic mass is 10.1. The van der Waals surface area contributed by atoms with Crippen LogP contribution in [0.2, 0.25) is 0 Å². The molecule has 0 aromatic carbocycles. The first-order valence-electron chi connectivity index (χ1n) is 5.94. The zero-order valence-electron chi connectivity index (χ0n) is 10.4. The first kappa shape index (κ1) is 14.2. The van der Waals surface area contributed by atoms with E-state index in [1.807, 2.05) is 0 Å². The molecule has 0 aliphatic carbocycles. The summed E-state index contributed by atoms with van der Waals surface area (Å²) in [7, 11) is 0. The number of nitrogens with zero attached hydrogens (tertiary/aromatic N) is 3. The summed E-state index contributed by atoms with van der Waals surface area (Å²) in [6, 6.07) is 0. The molecule has 2 aromatic heterocycles. The molecule has 4 atom stereocenters. The van der Waals surface area contributed by atoms with Crippen LogP contribution in [0.1, 0.15) is 6.23 Å². The molecule has 21 heavy (non-hydrogen) atoms. The zero-order valence-corrected chi connectivity index (χ0v) is 11.3.